The first-order chi connectivity index (χ1) is 8.69. The first-order valence-electron chi connectivity index (χ1n) is 6.80. The summed E-state index contributed by atoms with van der Waals surface area (Å²) < 4.78 is 5.95. The molecule has 3 atom stereocenters. The number of aromatic nitrogens is 4. The summed E-state index contributed by atoms with van der Waals surface area (Å²) in [6.45, 7) is 5.30. The van der Waals surface area contributed by atoms with Crippen LogP contribution in [0.4, 0.5) is 0 Å². The number of rotatable bonds is 6. The first kappa shape index (κ1) is 13.4. The Bertz CT molecular complexity index is 367. The molecular weight excluding hydrogens is 230 g/mol. The van der Waals surface area contributed by atoms with Crippen molar-refractivity contribution in [1.29, 1.82) is 0 Å². The Kier molecular flexibility index (Phi) is 4.66. The van der Waals surface area contributed by atoms with E-state index in [9.17, 15) is 0 Å². The van der Waals surface area contributed by atoms with Crippen LogP contribution in [0.2, 0.25) is 0 Å². The Hall–Kier alpha value is -1.01. The van der Waals surface area contributed by atoms with Crippen LogP contribution in [-0.2, 0) is 18.2 Å². The van der Waals surface area contributed by atoms with Gasteiger partial charge in [-0.05, 0) is 37.9 Å². The lowest BCUT2D eigenvalue weighted by Gasteiger charge is -2.23. The standard InChI is InChI=1S/C12H23N5O/c1-4-7-13-10(11-6-5-9(2)18-11)8-12-14-16-17(3)15-12/h9-11,13H,4-8H2,1-3H3. The maximum Gasteiger partial charge on any atom is 0.176 e. The van der Waals surface area contributed by atoms with Crippen molar-refractivity contribution >= 4 is 0 Å². The van der Waals surface area contributed by atoms with E-state index in [-0.39, 0.29) is 6.10 Å². The molecule has 6 heteroatoms. The third-order valence-corrected chi connectivity index (χ3v) is 3.32. The van der Waals surface area contributed by atoms with Crippen LogP contribution in [0.5, 0.6) is 0 Å². The smallest absolute Gasteiger partial charge is 0.176 e. The van der Waals surface area contributed by atoms with Gasteiger partial charge in [-0.2, -0.15) is 4.80 Å². The molecule has 1 aliphatic heterocycles. The molecule has 0 saturated carbocycles. The maximum atomic E-state index is 5.95. The second-order valence-corrected chi connectivity index (χ2v) is 5.02. The number of aryl methyl sites for hydroxylation is 1. The fraction of sp³-hybridized carbons (Fsp3) is 0.917. The molecule has 2 rings (SSSR count). The zero-order valence-corrected chi connectivity index (χ0v) is 11.5. The molecule has 18 heavy (non-hydrogen) atoms. The lowest BCUT2D eigenvalue weighted by atomic mass is 10.0. The van der Waals surface area contributed by atoms with E-state index in [1.54, 1.807) is 7.05 Å². The Balaban J connectivity index is 1.96. The third-order valence-electron chi connectivity index (χ3n) is 3.32. The highest BCUT2D eigenvalue weighted by Crippen LogP contribution is 2.23. The van der Waals surface area contributed by atoms with Crippen molar-refractivity contribution in [3.8, 4) is 0 Å². The lowest BCUT2D eigenvalue weighted by Crippen LogP contribution is -2.42. The van der Waals surface area contributed by atoms with Gasteiger partial charge in [0.1, 0.15) is 0 Å². The molecule has 3 unspecified atom stereocenters. The fourth-order valence-corrected chi connectivity index (χ4v) is 2.40. The van der Waals surface area contributed by atoms with Gasteiger partial charge in [-0.15, -0.1) is 10.2 Å². The van der Waals surface area contributed by atoms with Gasteiger partial charge >= 0.3 is 0 Å². The van der Waals surface area contributed by atoms with Gasteiger partial charge in [0.05, 0.1) is 19.3 Å². The predicted molar refractivity (Wildman–Crippen MR) is 68.2 cm³/mol. The zero-order chi connectivity index (χ0) is 13.0. The highest BCUT2D eigenvalue weighted by molar-refractivity contribution is 4.91. The number of nitrogens with zero attached hydrogens (tertiary/aromatic N) is 4. The molecule has 0 radical (unpaired) electrons. The molecule has 1 saturated heterocycles. The minimum Gasteiger partial charge on any atom is -0.374 e. The number of hydrogen-bond donors (Lipinski definition) is 1. The highest BCUT2D eigenvalue weighted by atomic mass is 16.5. The molecule has 0 aromatic carbocycles. The summed E-state index contributed by atoms with van der Waals surface area (Å²) in [5.74, 6) is 0.786. The van der Waals surface area contributed by atoms with Crippen LogP contribution in [0.25, 0.3) is 0 Å². The Labute approximate surface area is 108 Å². The third kappa shape index (κ3) is 3.49. The first-order valence-corrected chi connectivity index (χ1v) is 6.80. The molecule has 1 N–H and O–H groups in total. The second-order valence-electron chi connectivity index (χ2n) is 5.02. The van der Waals surface area contributed by atoms with Gasteiger partial charge in [-0.3, -0.25) is 0 Å². The summed E-state index contributed by atoms with van der Waals surface area (Å²) in [5.41, 5.74) is 0. The minimum atomic E-state index is 0.273. The van der Waals surface area contributed by atoms with Crippen LogP contribution in [-0.4, -0.2) is 45.0 Å². The van der Waals surface area contributed by atoms with Crippen LogP contribution in [0.3, 0.4) is 0 Å². The van der Waals surface area contributed by atoms with E-state index in [0.29, 0.717) is 12.1 Å². The SMILES string of the molecule is CCCNC(Cc1nnn(C)n1)C1CCC(C)O1. The van der Waals surface area contributed by atoms with Gasteiger partial charge in [-0.1, -0.05) is 6.92 Å². The summed E-state index contributed by atoms with van der Waals surface area (Å²) in [6.07, 6.45) is 4.80. The monoisotopic (exact) mass is 253 g/mol. The molecule has 0 bridgehead atoms. The fourth-order valence-electron chi connectivity index (χ4n) is 2.40. The molecule has 1 aromatic rings. The molecule has 1 fully saturated rings. The van der Waals surface area contributed by atoms with Crippen LogP contribution in [0, 0.1) is 0 Å². The molecule has 102 valence electrons. The van der Waals surface area contributed by atoms with E-state index in [4.69, 9.17) is 4.74 Å². The van der Waals surface area contributed by atoms with Gasteiger partial charge in [-0.25, -0.2) is 0 Å². The summed E-state index contributed by atoms with van der Waals surface area (Å²) >= 11 is 0. The van der Waals surface area contributed by atoms with E-state index < -0.39 is 0 Å². The molecule has 1 aliphatic rings. The molecule has 0 spiro atoms. The van der Waals surface area contributed by atoms with E-state index >= 15 is 0 Å². The van der Waals surface area contributed by atoms with Gasteiger partial charge in [0, 0.05) is 12.5 Å². The average molecular weight is 253 g/mol. The van der Waals surface area contributed by atoms with Crippen LogP contribution < -0.4 is 5.32 Å². The normalized spacial score (nSPS) is 25.5. The zero-order valence-electron chi connectivity index (χ0n) is 11.5. The van der Waals surface area contributed by atoms with Crippen LogP contribution in [0.15, 0.2) is 0 Å². The van der Waals surface area contributed by atoms with Crippen molar-refractivity contribution in [3.05, 3.63) is 5.82 Å². The second kappa shape index (κ2) is 6.24. The van der Waals surface area contributed by atoms with Gasteiger partial charge in [0.25, 0.3) is 0 Å². The Morgan fingerprint density at radius 2 is 2.33 bits per heavy atom. The minimum absolute atomic E-state index is 0.273. The Morgan fingerprint density at radius 3 is 2.89 bits per heavy atom. The predicted octanol–water partition coefficient (Wildman–Crippen LogP) is 0.688. The molecule has 1 aromatic heterocycles. The summed E-state index contributed by atoms with van der Waals surface area (Å²) in [5, 5.41) is 15.7. The molecule has 0 amide bonds. The maximum absolute atomic E-state index is 5.95. The van der Waals surface area contributed by atoms with E-state index in [1.807, 2.05) is 0 Å². The van der Waals surface area contributed by atoms with E-state index in [0.717, 1.165) is 38.1 Å². The van der Waals surface area contributed by atoms with Crippen molar-refractivity contribution in [2.75, 3.05) is 6.54 Å². The van der Waals surface area contributed by atoms with Crippen molar-refractivity contribution in [3.63, 3.8) is 0 Å². The Morgan fingerprint density at radius 1 is 1.50 bits per heavy atom. The average Bonchev–Trinajstić information content (AvgIpc) is 2.93. The van der Waals surface area contributed by atoms with Crippen molar-refractivity contribution < 1.29 is 4.74 Å². The number of tetrazole rings is 1. The highest BCUT2D eigenvalue weighted by Gasteiger charge is 2.30. The molecular formula is C12H23N5O. The van der Waals surface area contributed by atoms with Crippen LogP contribution >= 0.6 is 0 Å². The van der Waals surface area contributed by atoms with Gasteiger partial charge in [0.15, 0.2) is 5.82 Å². The molecule has 2 heterocycles. The topological polar surface area (TPSA) is 64.9 Å². The largest absolute Gasteiger partial charge is 0.374 e. The summed E-state index contributed by atoms with van der Waals surface area (Å²) in [6, 6.07) is 0.291. The lowest BCUT2D eigenvalue weighted by molar-refractivity contribution is 0.0316. The van der Waals surface area contributed by atoms with Crippen LogP contribution in [0.1, 0.15) is 38.9 Å². The molecule has 6 nitrogen and oxygen atoms in total. The quantitative estimate of drug-likeness (QED) is 0.808. The van der Waals surface area contributed by atoms with Gasteiger partial charge < -0.3 is 10.1 Å². The van der Waals surface area contributed by atoms with E-state index in [1.165, 1.54) is 4.80 Å². The summed E-state index contributed by atoms with van der Waals surface area (Å²) in [4.78, 5) is 1.50. The van der Waals surface area contributed by atoms with Gasteiger partial charge in [0.2, 0.25) is 0 Å². The van der Waals surface area contributed by atoms with Crippen molar-refractivity contribution in [2.45, 2.75) is 57.8 Å². The summed E-state index contributed by atoms with van der Waals surface area (Å²) in [7, 11) is 1.79. The van der Waals surface area contributed by atoms with Crippen molar-refractivity contribution in [2.24, 2.45) is 7.05 Å². The van der Waals surface area contributed by atoms with E-state index in [2.05, 4.69) is 34.6 Å². The number of nitrogens with one attached hydrogen (secondary N) is 1. The van der Waals surface area contributed by atoms with Crippen molar-refractivity contribution in [1.82, 2.24) is 25.5 Å². The number of hydrogen-bond acceptors (Lipinski definition) is 5. The molecule has 0 aliphatic carbocycles. The number of ether oxygens (including phenoxy) is 1.